The lowest BCUT2D eigenvalue weighted by atomic mass is 9.71. The standard InChI is InChI=1S/C49H31NS/c1-2-15-35(16-3-1)50(37-30-25-32-13-4-5-14-34(32)31-37)36-28-26-33(27-29-36)38-20-12-21-42-46-41-19-8-11-24-45(41)51-48(46)49(47(38)42)43-22-9-6-17-39(43)40-18-7-10-23-44(40)49/h1-31H. The molecule has 1 aromatic heterocycles. The Morgan fingerprint density at radius 1 is 0.412 bits per heavy atom. The van der Waals surface area contributed by atoms with Gasteiger partial charge in [-0.1, -0.05) is 146 Å². The molecule has 1 heterocycles. The Kier molecular flexibility index (Phi) is 6.11. The van der Waals surface area contributed by atoms with Crippen molar-refractivity contribution in [2.45, 2.75) is 5.41 Å². The first-order valence-corrected chi connectivity index (χ1v) is 18.4. The Morgan fingerprint density at radius 2 is 1.00 bits per heavy atom. The van der Waals surface area contributed by atoms with Crippen LogP contribution in [0.1, 0.15) is 21.6 Å². The van der Waals surface area contributed by atoms with Crippen molar-refractivity contribution in [1.29, 1.82) is 0 Å². The van der Waals surface area contributed by atoms with E-state index >= 15 is 0 Å². The van der Waals surface area contributed by atoms with Gasteiger partial charge in [0.15, 0.2) is 0 Å². The van der Waals surface area contributed by atoms with Crippen LogP contribution in [-0.2, 0) is 5.41 Å². The molecule has 1 spiro atoms. The Hall–Kier alpha value is -6.22. The fraction of sp³-hybridized carbons (Fsp3) is 0.0204. The van der Waals surface area contributed by atoms with Crippen LogP contribution in [0.3, 0.4) is 0 Å². The number of nitrogens with zero attached hydrogens (tertiary/aromatic N) is 1. The van der Waals surface area contributed by atoms with Crippen LogP contribution < -0.4 is 4.90 Å². The number of thiophene rings is 1. The number of rotatable bonds is 4. The van der Waals surface area contributed by atoms with Crippen molar-refractivity contribution in [3.8, 4) is 33.4 Å². The third kappa shape index (κ3) is 3.97. The third-order valence-corrected chi connectivity index (χ3v) is 12.3. The second kappa shape index (κ2) is 10.9. The molecule has 0 amide bonds. The highest BCUT2D eigenvalue weighted by molar-refractivity contribution is 7.20. The summed E-state index contributed by atoms with van der Waals surface area (Å²) in [6.45, 7) is 0. The number of para-hydroxylation sites is 1. The summed E-state index contributed by atoms with van der Waals surface area (Å²) in [6.07, 6.45) is 0. The van der Waals surface area contributed by atoms with Crippen molar-refractivity contribution in [3.63, 3.8) is 0 Å². The van der Waals surface area contributed by atoms with Gasteiger partial charge in [0.05, 0.1) is 5.41 Å². The molecule has 51 heavy (non-hydrogen) atoms. The summed E-state index contributed by atoms with van der Waals surface area (Å²) in [4.78, 5) is 3.80. The molecule has 11 rings (SSSR count). The lowest BCUT2D eigenvalue weighted by Crippen LogP contribution is -2.25. The lowest BCUT2D eigenvalue weighted by Gasteiger charge is -2.31. The second-order valence-electron chi connectivity index (χ2n) is 13.6. The highest BCUT2D eigenvalue weighted by Crippen LogP contribution is 2.67. The molecule has 2 aliphatic rings. The van der Waals surface area contributed by atoms with Gasteiger partial charge >= 0.3 is 0 Å². The van der Waals surface area contributed by atoms with Gasteiger partial charge in [0.2, 0.25) is 0 Å². The highest BCUT2D eigenvalue weighted by atomic mass is 32.1. The smallest absolute Gasteiger partial charge is 0.0825 e. The second-order valence-corrected chi connectivity index (χ2v) is 14.7. The van der Waals surface area contributed by atoms with E-state index in [-0.39, 0.29) is 0 Å². The number of hydrogen-bond acceptors (Lipinski definition) is 2. The van der Waals surface area contributed by atoms with E-state index < -0.39 is 5.41 Å². The van der Waals surface area contributed by atoms with Crippen LogP contribution in [-0.4, -0.2) is 0 Å². The molecule has 9 aromatic rings. The highest BCUT2D eigenvalue weighted by Gasteiger charge is 2.54. The van der Waals surface area contributed by atoms with Crippen LogP contribution in [0.15, 0.2) is 188 Å². The van der Waals surface area contributed by atoms with Crippen LogP contribution >= 0.6 is 11.3 Å². The minimum Gasteiger partial charge on any atom is -0.310 e. The molecule has 0 N–H and O–H groups in total. The van der Waals surface area contributed by atoms with E-state index in [2.05, 4.69) is 193 Å². The normalized spacial score (nSPS) is 13.3. The Bertz CT molecular complexity index is 2760. The molecular weight excluding hydrogens is 635 g/mol. The number of anilines is 3. The minimum absolute atomic E-state index is 0.391. The molecular formula is C49H31NS. The molecule has 0 saturated carbocycles. The van der Waals surface area contributed by atoms with Crippen LogP contribution in [0.2, 0.25) is 0 Å². The molecule has 2 heteroatoms. The van der Waals surface area contributed by atoms with Gasteiger partial charge in [0, 0.05) is 37.6 Å². The maximum atomic E-state index is 2.37. The summed E-state index contributed by atoms with van der Waals surface area (Å²) in [5, 5.41) is 3.82. The molecule has 0 unspecified atom stereocenters. The molecule has 8 aromatic carbocycles. The predicted octanol–water partition coefficient (Wildman–Crippen LogP) is 13.5. The molecule has 0 atom stereocenters. The maximum absolute atomic E-state index is 2.37. The third-order valence-electron chi connectivity index (χ3n) is 11.0. The number of fused-ring (bicyclic) bond motifs is 13. The van der Waals surface area contributed by atoms with E-state index in [4.69, 9.17) is 0 Å². The quantitative estimate of drug-likeness (QED) is 0.181. The Labute approximate surface area is 301 Å². The van der Waals surface area contributed by atoms with Crippen LogP contribution in [0.25, 0.3) is 54.2 Å². The van der Waals surface area contributed by atoms with Gasteiger partial charge in [0.1, 0.15) is 0 Å². The average Bonchev–Trinajstić information content (AvgIpc) is 3.82. The van der Waals surface area contributed by atoms with Crippen molar-refractivity contribution in [3.05, 3.63) is 210 Å². The van der Waals surface area contributed by atoms with E-state index in [1.165, 1.54) is 75.8 Å². The SMILES string of the molecule is c1ccc(N(c2ccc(-c3cccc4c3C3(c5ccccc5-c5ccccc53)c3sc5ccccc5c3-4)cc2)c2ccc3ccccc3c2)cc1. The molecule has 0 fully saturated rings. The van der Waals surface area contributed by atoms with Gasteiger partial charge in [0.25, 0.3) is 0 Å². The van der Waals surface area contributed by atoms with E-state index in [1.54, 1.807) is 0 Å². The van der Waals surface area contributed by atoms with Crippen LogP contribution in [0.5, 0.6) is 0 Å². The van der Waals surface area contributed by atoms with Gasteiger partial charge in [-0.15, -0.1) is 11.3 Å². The summed E-state index contributed by atoms with van der Waals surface area (Å²) < 4.78 is 1.35. The summed E-state index contributed by atoms with van der Waals surface area (Å²) in [5.41, 5.74) is 15.1. The molecule has 1 nitrogen and oxygen atoms in total. The molecule has 0 bridgehead atoms. The fourth-order valence-corrected chi connectivity index (χ4v) is 10.4. The zero-order valence-electron chi connectivity index (χ0n) is 27.8. The van der Waals surface area contributed by atoms with Gasteiger partial charge < -0.3 is 4.90 Å². The van der Waals surface area contributed by atoms with Crippen molar-refractivity contribution in [2.75, 3.05) is 4.90 Å². The molecule has 0 radical (unpaired) electrons. The zero-order valence-corrected chi connectivity index (χ0v) is 28.6. The fourth-order valence-electron chi connectivity index (χ4n) is 8.97. The first-order valence-electron chi connectivity index (χ1n) is 17.6. The molecule has 0 aliphatic heterocycles. The summed E-state index contributed by atoms with van der Waals surface area (Å²) in [7, 11) is 0. The lowest BCUT2D eigenvalue weighted by molar-refractivity contribution is 0.814. The zero-order chi connectivity index (χ0) is 33.5. The van der Waals surface area contributed by atoms with Gasteiger partial charge in [-0.2, -0.15) is 0 Å². The van der Waals surface area contributed by atoms with E-state index in [0.717, 1.165) is 17.1 Å². The monoisotopic (exact) mass is 665 g/mol. The largest absolute Gasteiger partial charge is 0.310 e. The summed E-state index contributed by atoms with van der Waals surface area (Å²) in [5.74, 6) is 0. The average molecular weight is 666 g/mol. The first kappa shape index (κ1) is 28.6. The molecule has 0 saturated heterocycles. The van der Waals surface area contributed by atoms with Gasteiger partial charge in [-0.3, -0.25) is 0 Å². The molecule has 238 valence electrons. The summed E-state index contributed by atoms with van der Waals surface area (Å²) in [6, 6.07) is 69.4. The minimum atomic E-state index is -0.391. The van der Waals surface area contributed by atoms with E-state index in [9.17, 15) is 0 Å². The Morgan fingerprint density at radius 3 is 1.78 bits per heavy atom. The molecule has 2 aliphatic carbocycles. The van der Waals surface area contributed by atoms with Crippen molar-refractivity contribution >= 4 is 49.3 Å². The van der Waals surface area contributed by atoms with E-state index in [1.807, 2.05) is 11.3 Å². The van der Waals surface area contributed by atoms with Gasteiger partial charge in [-0.05, 0) is 97.7 Å². The van der Waals surface area contributed by atoms with Crippen LogP contribution in [0.4, 0.5) is 17.1 Å². The van der Waals surface area contributed by atoms with Crippen molar-refractivity contribution < 1.29 is 0 Å². The van der Waals surface area contributed by atoms with E-state index in [0.29, 0.717) is 0 Å². The van der Waals surface area contributed by atoms with Crippen LogP contribution in [0, 0.1) is 0 Å². The number of benzene rings is 8. The first-order chi connectivity index (χ1) is 25.3. The maximum Gasteiger partial charge on any atom is 0.0825 e. The van der Waals surface area contributed by atoms with Crippen molar-refractivity contribution in [2.24, 2.45) is 0 Å². The Balaban J connectivity index is 1.14. The number of hydrogen-bond donors (Lipinski definition) is 0. The summed E-state index contributed by atoms with van der Waals surface area (Å²) >= 11 is 1.97. The topological polar surface area (TPSA) is 3.24 Å². The predicted molar refractivity (Wildman–Crippen MR) is 216 cm³/mol. The van der Waals surface area contributed by atoms with Crippen molar-refractivity contribution in [1.82, 2.24) is 0 Å². The van der Waals surface area contributed by atoms with Gasteiger partial charge in [-0.25, -0.2) is 0 Å².